The molecule has 5 nitrogen and oxygen atoms in total. The molecule has 0 aromatic heterocycles. The van der Waals surface area contributed by atoms with E-state index in [1.54, 1.807) is 12.1 Å². The van der Waals surface area contributed by atoms with E-state index in [1.165, 1.54) is 32.9 Å². The molecule has 0 heterocycles. The van der Waals surface area contributed by atoms with Crippen LogP contribution in [-0.2, 0) is 9.59 Å². The van der Waals surface area contributed by atoms with Gasteiger partial charge in [0.05, 0.1) is 11.5 Å². The number of ketones is 2. The van der Waals surface area contributed by atoms with Crippen molar-refractivity contribution in [1.82, 2.24) is 0 Å². The van der Waals surface area contributed by atoms with Gasteiger partial charge in [0.25, 0.3) is 0 Å². The third-order valence-electron chi connectivity index (χ3n) is 4.22. The van der Waals surface area contributed by atoms with Crippen LogP contribution in [0.15, 0.2) is 35.6 Å². The Morgan fingerprint density at radius 1 is 1.14 bits per heavy atom. The standard InChI is InChI=1S/C17H20O5/c1-9(18)14-13(21)8-17(3,22)16(10(2)19)15(14)11-4-6-12(20)7-5-11/h4-7,15-16,20-22H,8H2,1-3H3/t15-,16-,17-/m0/s1. The highest BCUT2D eigenvalue weighted by atomic mass is 16.3. The molecule has 1 aliphatic carbocycles. The summed E-state index contributed by atoms with van der Waals surface area (Å²) in [5.41, 5.74) is -0.704. The number of phenols is 1. The van der Waals surface area contributed by atoms with Crippen molar-refractivity contribution in [2.45, 2.75) is 38.7 Å². The molecule has 0 saturated heterocycles. The van der Waals surface area contributed by atoms with E-state index in [4.69, 9.17) is 0 Å². The number of aliphatic hydroxyl groups excluding tert-OH is 1. The number of aliphatic hydroxyl groups is 2. The number of hydrogen-bond acceptors (Lipinski definition) is 5. The van der Waals surface area contributed by atoms with Crippen molar-refractivity contribution in [2.75, 3.05) is 0 Å². The average Bonchev–Trinajstić information content (AvgIpc) is 2.36. The van der Waals surface area contributed by atoms with Gasteiger partial charge in [-0.1, -0.05) is 12.1 Å². The number of benzene rings is 1. The molecule has 0 aliphatic heterocycles. The van der Waals surface area contributed by atoms with E-state index >= 15 is 0 Å². The molecule has 2 rings (SSSR count). The Hall–Kier alpha value is -2.14. The number of Topliss-reactive ketones (excluding diaryl/α,β-unsaturated/α-hetero) is 2. The zero-order valence-electron chi connectivity index (χ0n) is 12.8. The fourth-order valence-electron chi connectivity index (χ4n) is 3.38. The quantitative estimate of drug-likeness (QED) is 0.796. The fourth-order valence-corrected chi connectivity index (χ4v) is 3.38. The first kappa shape index (κ1) is 16.2. The summed E-state index contributed by atoms with van der Waals surface area (Å²) >= 11 is 0. The van der Waals surface area contributed by atoms with Gasteiger partial charge in [-0.2, -0.15) is 0 Å². The molecule has 3 N–H and O–H groups in total. The van der Waals surface area contributed by atoms with Crippen LogP contribution in [0.25, 0.3) is 0 Å². The van der Waals surface area contributed by atoms with Crippen LogP contribution < -0.4 is 0 Å². The molecule has 0 spiro atoms. The SMILES string of the molecule is CC(=O)C1=C(O)C[C@](C)(O)[C@@H](C(C)=O)[C@H]1c1ccc(O)cc1. The molecular formula is C17H20O5. The summed E-state index contributed by atoms with van der Waals surface area (Å²) in [5.74, 6) is -2.30. The largest absolute Gasteiger partial charge is 0.512 e. The number of allylic oxidation sites excluding steroid dienone is 1. The number of carbonyl (C=O) groups is 2. The first-order valence-corrected chi connectivity index (χ1v) is 7.10. The van der Waals surface area contributed by atoms with E-state index in [-0.39, 0.29) is 35.1 Å². The van der Waals surface area contributed by atoms with E-state index < -0.39 is 17.4 Å². The Bertz CT molecular complexity index is 640. The maximum atomic E-state index is 12.1. The Kier molecular flexibility index (Phi) is 4.11. The van der Waals surface area contributed by atoms with E-state index in [9.17, 15) is 24.9 Å². The van der Waals surface area contributed by atoms with Crippen molar-refractivity contribution in [1.29, 1.82) is 0 Å². The first-order chi connectivity index (χ1) is 10.1. The van der Waals surface area contributed by atoms with E-state index in [2.05, 4.69) is 0 Å². The Morgan fingerprint density at radius 2 is 1.68 bits per heavy atom. The van der Waals surface area contributed by atoms with E-state index in [0.29, 0.717) is 5.56 Å². The topological polar surface area (TPSA) is 94.8 Å². The van der Waals surface area contributed by atoms with Crippen molar-refractivity contribution in [2.24, 2.45) is 5.92 Å². The van der Waals surface area contributed by atoms with Gasteiger partial charge in [0.1, 0.15) is 17.3 Å². The molecule has 3 atom stereocenters. The van der Waals surface area contributed by atoms with Gasteiger partial charge >= 0.3 is 0 Å². The highest BCUT2D eigenvalue weighted by Crippen LogP contribution is 2.47. The molecule has 0 radical (unpaired) electrons. The molecule has 1 aliphatic rings. The number of phenolic OH excluding ortho intramolecular Hbond substituents is 1. The van der Waals surface area contributed by atoms with E-state index in [1.807, 2.05) is 0 Å². The lowest BCUT2D eigenvalue weighted by atomic mass is 9.64. The number of carbonyl (C=O) groups excluding carboxylic acids is 2. The van der Waals surface area contributed by atoms with Crippen LogP contribution in [0.2, 0.25) is 0 Å². The van der Waals surface area contributed by atoms with Crippen LogP contribution in [-0.4, -0.2) is 32.5 Å². The second-order valence-corrected chi connectivity index (χ2v) is 6.11. The van der Waals surface area contributed by atoms with Crippen molar-refractivity contribution in [3.05, 3.63) is 41.2 Å². The predicted molar refractivity (Wildman–Crippen MR) is 80.6 cm³/mol. The maximum Gasteiger partial charge on any atom is 0.159 e. The molecule has 0 fully saturated rings. The number of hydrogen-bond donors (Lipinski definition) is 3. The molecule has 0 unspecified atom stereocenters. The molecular weight excluding hydrogens is 284 g/mol. The van der Waals surface area contributed by atoms with Crippen LogP contribution >= 0.6 is 0 Å². The van der Waals surface area contributed by atoms with Crippen molar-refractivity contribution in [3.63, 3.8) is 0 Å². The van der Waals surface area contributed by atoms with Gasteiger partial charge in [-0.3, -0.25) is 9.59 Å². The van der Waals surface area contributed by atoms with Gasteiger partial charge in [-0.25, -0.2) is 0 Å². The Morgan fingerprint density at radius 3 is 2.14 bits per heavy atom. The molecule has 0 saturated carbocycles. The molecule has 1 aromatic carbocycles. The summed E-state index contributed by atoms with van der Waals surface area (Å²) in [4.78, 5) is 24.1. The van der Waals surface area contributed by atoms with Crippen molar-refractivity contribution < 1.29 is 24.9 Å². The van der Waals surface area contributed by atoms with Crippen LogP contribution in [0.1, 0.15) is 38.7 Å². The van der Waals surface area contributed by atoms with Crippen molar-refractivity contribution >= 4 is 11.6 Å². The third-order valence-corrected chi connectivity index (χ3v) is 4.22. The zero-order valence-corrected chi connectivity index (χ0v) is 12.8. The minimum absolute atomic E-state index is 0.0586. The van der Waals surface area contributed by atoms with Crippen LogP contribution in [0, 0.1) is 5.92 Å². The van der Waals surface area contributed by atoms with E-state index in [0.717, 1.165) is 0 Å². The summed E-state index contributed by atoms with van der Waals surface area (Å²) in [6.45, 7) is 4.18. The van der Waals surface area contributed by atoms with Crippen molar-refractivity contribution in [3.8, 4) is 5.75 Å². The molecule has 0 amide bonds. The summed E-state index contributed by atoms with van der Waals surface area (Å²) in [6, 6.07) is 6.08. The van der Waals surface area contributed by atoms with Gasteiger partial charge in [0.2, 0.25) is 0 Å². The first-order valence-electron chi connectivity index (χ1n) is 7.10. The summed E-state index contributed by atoms with van der Waals surface area (Å²) in [6.07, 6.45) is -0.138. The Labute approximate surface area is 128 Å². The lowest BCUT2D eigenvalue weighted by Crippen LogP contribution is -2.47. The highest BCUT2D eigenvalue weighted by molar-refractivity contribution is 5.97. The van der Waals surface area contributed by atoms with Crippen LogP contribution in [0.3, 0.4) is 0 Å². The van der Waals surface area contributed by atoms with Crippen LogP contribution in [0.5, 0.6) is 5.75 Å². The second-order valence-electron chi connectivity index (χ2n) is 6.11. The molecule has 22 heavy (non-hydrogen) atoms. The molecule has 5 heteroatoms. The third kappa shape index (κ3) is 2.76. The smallest absolute Gasteiger partial charge is 0.159 e. The van der Waals surface area contributed by atoms with Gasteiger partial charge < -0.3 is 15.3 Å². The molecule has 118 valence electrons. The van der Waals surface area contributed by atoms with Crippen LogP contribution in [0.4, 0.5) is 0 Å². The highest BCUT2D eigenvalue weighted by Gasteiger charge is 2.49. The Balaban J connectivity index is 2.69. The minimum Gasteiger partial charge on any atom is -0.512 e. The molecule has 1 aromatic rings. The molecule has 0 bridgehead atoms. The zero-order chi connectivity index (χ0) is 16.7. The van der Waals surface area contributed by atoms with Gasteiger partial charge in [0.15, 0.2) is 5.78 Å². The average molecular weight is 304 g/mol. The van der Waals surface area contributed by atoms with Gasteiger partial charge in [0, 0.05) is 17.9 Å². The normalized spacial score (nSPS) is 28.5. The number of rotatable bonds is 3. The summed E-state index contributed by atoms with van der Waals surface area (Å²) in [7, 11) is 0. The number of aromatic hydroxyl groups is 1. The maximum absolute atomic E-state index is 12.1. The van der Waals surface area contributed by atoms with Gasteiger partial charge in [-0.15, -0.1) is 0 Å². The monoisotopic (exact) mass is 304 g/mol. The minimum atomic E-state index is -1.45. The summed E-state index contributed by atoms with van der Waals surface area (Å²) < 4.78 is 0. The fraction of sp³-hybridized carbons (Fsp3) is 0.412. The predicted octanol–water partition coefficient (Wildman–Crippen LogP) is 2.24. The lowest BCUT2D eigenvalue weighted by Gasteiger charge is -2.41. The van der Waals surface area contributed by atoms with Gasteiger partial charge in [-0.05, 0) is 38.5 Å². The second kappa shape index (κ2) is 5.57. The summed E-state index contributed by atoms with van der Waals surface area (Å²) in [5, 5.41) is 30.2. The lowest BCUT2D eigenvalue weighted by molar-refractivity contribution is -0.132.